The molecule has 12 heteroatoms. The smallest absolute Gasteiger partial charge is 0.332 e. The first kappa shape index (κ1) is 23.4. The van der Waals surface area contributed by atoms with Gasteiger partial charge in [-0.1, -0.05) is 0 Å². The van der Waals surface area contributed by atoms with Gasteiger partial charge in [0.2, 0.25) is 0 Å². The van der Waals surface area contributed by atoms with Gasteiger partial charge in [0, 0.05) is 17.7 Å². The molecule has 0 saturated carbocycles. The van der Waals surface area contributed by atoms with E-state index in [4.69, 9.17) is 14.3 Å². The SMILES string of the molecule is Cn1c(Nc2ccc(I)cc2F)c(C(=O)NOCC2COC(C)(C)O2)c(=O)n(C)c1=O. The number of carbonyl (C=O) groups excluding carboxylic acids is 1. The molecule has 0 aliphatic carbocycles. The van der Waals surface area contributed by atoms with Gasteiger partial charge in [-0.3, -0.25) is 23.6 Å². The molecule has 3 rings (SSSR count). The largest absolute Gasteiger partial charge is 0.348 e. The summed E-state index contributed by atoms with van der Waals surface area (Å²) in [4.78, 5) is 43.0. The second-order valence-corrected chi connectivity index (χ2v) is 8.62. The fourth-order valence-electron chi connectivity index (χ4n) is 3.01. The lowest BCUT2D eigenvalue weighted by Gasteiger charge is -2.18. The topological polar surface area (TPSA) is 113 Å². The predicted octanol–water partition coefficient (Wildman–Crippen LogP) is 1.38. The molecule has 1 amide bonds. The summed E-state index contributed by atoms with van der Waals surface area (Å²) in [6, 6.07) is 4.35. The van der Waals surface area contributed by atoms with Gasteiger partial charge < -0.3 is 14.8 Å². The fraction of sp³-hybridized carbons (Fsp3) is 0.421. The van der Waals surface area contributed by atoms with Crippen molar-refractivity contribution in [3.05, 3.63) is 54.0 Å². The third-order valence-electron chi connectivity index (χ3n) is 4.58. The number of aromatic nitrogens is 2. The van der Waals surface area contributed by atoms with E-state index in [0.717, 1.165) is 9.13 Å². The zero-order valence-electron chi connectivity index (χ0n) is 17.3. The minimum absolute atomic E-state index is 0.00243. The molecule has 1 aromatic heterocycles. The number of rotatable bonds is 6. The van der Waals surface area contributed by atoms with E-state index in [0.29, 0.717) is 3.57 Å². The summed E-state index contributed by atoms with van der Waals surface area (Å²) in [6.07, 6.45) is -0.406. The zero-order valence-corrected chi connectivity index (χ0v) is 19.5. The van der Waals surface area contributed by atoms with Gasteiger partial charge >= 0.3 is 5.69 Å². The van der Waals surface area contributed by atoms with E-state index < -0.39 is 40.4 Å². The van der Waals surface area contributed by atoms with Crippen molar-refractivity contribution in [1.29, 1.82) is 0 Å². The van der Waals surface area contributed by atoms with Gasteiger partial charge in [0.1, 0.15) is 29.9 Å². The molecule has 2 heterocycles. The highest BCUT2D eigenvalue weighted by Gasteiger charge is 2.33. The third-order valence-corrected chi connectivity index (χ3v) is 5.25. The summed E-state index contributed by atoms with van der Waals surface area (Å²) in [6.45, 7) is 3.77. The Morgan fingerprint density at radius 2 is 2.03 bits per heavy atom. The molecule has 1 aromatic carbocycles. The average Bonchev–Trinajstić information content (AvgIpc) is 3.04. The standard InChI is InChI=1S/C19H22FIN4O6/c1-19(2)29-8-11(31-19)9-30-23-16(26)14-15(24(3)18(28)25(4)17(14)27)22-13-6-5-10(21)7-12(13)20/h5-7,11,22H,8-9H2,1-4H3,(H,23,26). The van der Waals surface area contributed by atoms with Gasteiger partial charge in [0.15, 0.2) is 5.79 Å². The van der Waals surface area contributed by atoms with Crippen LogP contribution in [0, 0.1) is 9.39 Å². The van der Waals surface area contributed by atoms with Crippen molar-refractivity contribution >= 4 is 40.0 Å². The highest BCUT2D eigenvalue weighted by atomic mass is 127. The van der Waals surface area contributed by atoms with Crippen molar-refractivity contribution in [2.24, 2.45) is 14.1 Å². The van der Waals surface area contributed by atoms with Crippen LogP contribution in [0.25, 0.3) is 0 Å². The lowest BCUT2D eigenvalue weighted by atomic mass is 10.2. The van der Waals surface area contributed by atoms with Crippen LogP contribution in [0.5, 0.6) is 0 Å². The Bertz CT molecular complexity index is 1130. The van der Waals surface area contributed by atoms with E-state index in [-0.39, 0.29) is 24.7 Å². The van der Waals surface area contributed by atoms with E-state index in [1.807, 2.05) is 22.6 Å². The minimum atomic E-state index is -0.900. The molecule has 0 spiro atoms. The number of hydroxylamine groups is 1. The Morgan fingerprint density at radius 3 is 2.65 bits per heavy atom. The monoisotopic (exact) mass is 548 g/mol. The number of hydrogen-bond donors (Lipinski definition) is 2. The van der Waals surface area contributed by atoms with Crippen molar-refractivity contribution in [2.75, 3.05) is 18.5 Å². The van der Waals surface area contributed by atoms with Crippen molar-refractivity contribution < 1.29 is 23.5 Å². The Kier molecular flexibility index (Phi) is 6.83. The molecule has 0 radical (unpaired) electrons. The van der Waals surface area contributed by atoms with E-state index in [2.05, 4.69) is 10.8 Å². The summed E-state index contributed by atoms with van der Waals surface area (Å²) in [5, 5.41) is 2.68. The molecule has 1 aliphatic rings. The Hall–Kier alpha value is -2.29. The van der Waals surface area contributed by atoms with Crippen LogP contribution in [0.2, 0.25) is 0 Å². The molecule has 1 fully saturated rings. The number of hydrogen-bond acceptors (Lipinski definition) is 7. The molecule has 2 aromatic rings. The van der Waals surface area contributed by atoms with Crippen molar-refractivity contribution in [1.82, 2.24) is 14.6 Å². The maximum absolute atomic E-state index is 14.3. The second kappa shape index (κ2) is 9.06. The lowest BCUT2D eigenvalue weighted by molar-refractivity contribution is -0.147. The number of anilines is 2. The molecule has 1 atom stereocenters. The van der Waals surface area contributed by atoms with Gasteiger partial charge in [0.05, 0.1) is 12.3 Å². The number of halogens is 2. The van der Waals surface area contributed by atoms with Gasteiger partial charge in [0.25, 0.3) is 11.5 Å². The highest BCUT2D eigenvalue weighted by molar-refractivity contribution is 14.1. The van der Waals surface area contributed by atoms with Crippen LogP contribution >= 0.6 is 22.6 Å². The lowest BCUT2D eigenvalue weighted by Crippen LogP contribution is -2.44. The van der Waals surface area contributed by atoms with Crippen molar-refractivity contribution in [2.45, 2.75) is 25.7 Å². The van der Waals surface area contributed by atoms with E-state index in [9.17, 15) is 18.8 Å². The van der Waals surface area contributed by atoms with Crippen LogP contribution in [0.3, 0.4) is 0 Å². The van der Waals surface area contributed by atoms with Gasteiger partial charge in [-0.05, 0) is 54.6 Å². The third kappa shape index (κ3) is 5.14. The summed E-state index contributed by atoms with van der Waals surface area (Å²) in [5.74, 6) is -2.43. The quantitative estimate of drug-likeness (QED) is 0.415. The molecular formula is C19H22FIN4O6. The van der Waals surface area contributed by atoms with Gasteiger partial charge in [-0.15, -0.1) is 0 Å². The van der Waals surface area contributed by atoms with E-state index in [1.54, 1.807) is 19.9 Å². The number of carbonyl (C=O) groups is 1. The van der Waals surface area contributed by atoms with Gasteiger partial charge in [-0.25, -0.2) is 14.7 Å². The van der Waals surface area contributed by atoms with Crippen LogP contribution in [0.15, 0.2) is 27.8 Å². The number of amides is 1. The summed E-state index contributed by atoms with van der Waals surface area (Å²) in [5.41, 5.74) is 0.219. The first-order chi connectivity index (χ1) is 14.5. The van der Waals surface area contributed by atoms with E-state index >= 15 is 0 Å². The Morgan fingerprint density at radius 1 is 1.32 bits per heavy atom. The Balaban J connectivity index is 1.87. The van der Waals surface area contributed by atoms with Crippen LogP contribution in [0.4, 0.5) is 15.9 Å². The van der Waals surface area contributed by atoms with Crippen molar-refractivity contribution in [3.8, 4) is 0 Å². The highest BCUT2D eigenvalue weighted by Crippen LogP contribution is 2.23. The maximum atomic E-state index is 14.3. The minimum Gasteiger partial charge on any atom is -0.348 e. The average molecular weight is 548 g/mol. The number of ether oxygens (including phenoxy) is 2. The fourth-order valence-corrected chi connectivity index (χ4v) is 3.46. The second-order valence-electron chi connectivity index (χ2n) is 7.37. The molecule has 168 valence electrons. The first-order valence-corrected chi connectivity index (χ1v) is 10.3. The van der Waals surface area contributed by atoms with E-state index in [1.165, 1.54) is 26.2 Å². The van der Waals surface area contributed by atoms with Crippen LogP contribution in [0.1, 0.15) is 24.2 Å². The number of nitrogens with zero attached hydrogens (tertiary/aromatic N) is 2. The van der Waals surface area contributed by atoms with Crippen LogP contribution in [-0.4, -0.2) is 40.1 Å². The molecule has 2 N–H and O–H groups in total. The zero-order chi connectivity index (χ0) is 22.9. The summed E-state index contributed by atoms with van der Waals surface area (Å²) >= 11 is 1.95. The summed E-state index contributed by atoms with van der Waals surface area (Å²) < 4.78 is 27.8. The summed E-state index contributed by atoms with van der Waals surface area (Å²) in [7, 11) is 2.60. The van der Waals surface area contributed by atoms with Gasteiger partial charge in [-0.2, -0.15) is 0 Å². The number of nitrogens with one attached hydrogen (secondary N) is 2. The molecule has 10 nitrogen and oxygen atoms in total. The molecule has 1 saturated heterocycles. The van der Waals surface area contributed by atoms with Crippen molar-refractivity contribution in [3.63, 3.8) is 0 Å². The predicted molar refractivity (Wildman–Crippen MR) is 118 cm³/mol. The molecule has 0 bridgehead atoms. The molecule has 31 heavy (non-hydrogen) atoms. The first-order valence-electron chi connectivity index (χ1n) is 9.26. The number of benzene rings is 1. The normalized spacial score (nSPS) is 17.5. The maximum Gasteiger partial charge on any atom is 0.332 e. The Labute approximate surface area is 190 Å². The molecule has 1 unspecified atom stereocenters. The van der Waals surface area contributed by atoms with Crippen LogP contribution in [-0.2, 0) is 28.4 Å². The van der Waals surface area contributed by atoms with Crippen LogP contribution < -0.4 is 22.0 Å². The molecule has 1 aliphatic heterocycles. The molecular weight excluding hydrogens is 526 g/mol.